The zero-order valence-electron chi connectivity index (χ0n) is 7.04. The van der Waals surface area contributed by atoms with Crippen LogP contribution in [0.1, 0.15) is 19.3 Å². The van der Waals surface area contributed by atoms with Gasteiger partial charge in [-0.3, -0.25) is 0 Å². The molecule has 0 N–H and O–H groups in total. The van der Waals surface area contributed by atoms with Crippen LogP contribution in [-0.4, -0.2) is 31.6 Å². The normalized spacial score (nSPS) is 39.6. The Hall–Kier alpha value is -0.610. The first kappa shape index (κ1) is 8.01. The van der Waals surface area contributed by atoms with Crippen molar-refractivity contribution in [3.05, 3.63) is 0 Å². The fraction of sp³-hybridized carbons (Fsp3) is 0.875. The van der Waals surface area contributed by atoms with E-state index in [0.717, 1.165) is 19.3 Å². The lowest BCUT2D eigenvalue weighted by atomic mass is 9.96. The van der Waals surface area contributed by atoms with Gasteiger partial charge in [-0.25, -0.2) is 4.79 Å². The van der Waals surface area contributed by atoms with Crippen LogP contribution in [-0.2, 0) is 19.0 Å². The largest absolute Gasteiger partial charge is 0.467 e. The van der Waals surface area contributed by atoms with Gasteiger partial charge in [-0.05, 0) is 19.3 Å². The van der Waals surface area contributed by atoms with Crippen molar-refractivity contribution in [2.45, 2.75) is 31.2 Å². The maximum atomic E-state index is 11.3. The van der Waals surface area contributed by atoms with Crippen molar-refractivity contribution in [1.29, 1.82) is 0 Å². The minimum Gasteiger partial charge on any atom is -0.467 e. The third kappa shape index (κ3) is 1.03. The highest BCUT2D eigenvalue weighted by Gasteiger charge is 2.51. The van der Waals surface area contributed by atoms with E-state index in [1.165, 1.54) is 7.11 Å². The van der Waals surface area contributed by atoms with Crippen LogP contribution in [0.5, 0.6) is 0 Å². The summed E-state index contributed by atoms with van der Waals surface area (Å²) in [7, 11) is 1.38. The zero-order valence-corrected chi connectivity index (χ0v) is 7.04. The van der Waals surface area contributed by atoms with Crippen LogP contribution in [0, 0.1) is 0 Å². The molecule has 4 nitrogen and oxygen atoms in total. The van der Waals surface area contributed by atoms with Crippen molar-refractivity contribution in [3.63, 3.8) is 0 Å². The number of esters is 1. The van der Waals surface area contributed by atoms with Crippen molar-refractivity contribution in [2.75, 3.05) is 13.7 Å². The summed E-state index contributed by atoms with van der Waals surface area (Å²) in [6.07, 6.45) is 2.40. The van der Waals surface area contributed by atoms with E-state index in [4.69, 9.17) is 9.47 Å². The Morgan fingerprint density at radius 3 is 3.25 bits per heavy atom. The number of rotatable bonds is 1. The Labute approximate surface area is 70.8 Å². The Morgan fingerprint density at radius 1 is 1.67 bits per heavy atom. The molecule has 0 saturated carbocycles. The molecule has 0 aromatic rings. The second-order valence-corrected chi connectivity index (χ2v) is 3.24. The molecular weight excluding hydrogens is 160 g/mol. The number of carbonyl (C=O) groups is 1. The first-order chi connectivity index (χ1) is 5.77. The molecule has 2 bridgehead atoms. The zero-order chi connectivity index (χ0) is 8.60. The molecule has 0 aliphatic carbocycles. The first-order valence-corrected chi connectivity index (χ1v) is 4.15. The fourth-order valence-corrected chi connectivity index (χ4v) is 1.77. The summed E-state index contributed by atoms with van der Waals surface area (Å²) < 4.78 is 15.4. The maximum Gasteiger partial charge on any atom is 0.340 e. The second-order valence-electron chi connectivity index (χ2n) is 3.24. The molecule has 4 heteroatoms. The molecule has 2 fully saturated rings. The smallest absolute Gasteiger partial charge is 0.340 e. The van der Waals surface area contributed by atoms with Crippen LogP contribution in [0.4, 0.5) is 0 Å². The summed E-state index contributed by atoms with van der Waals surface area (Å²) in [4.78, 5) is 11.3. The highest BCUT2D eigenvalue weighted by Crippen LogP contribution is 2.36. The van der Waals surface area contributed by atoms with E-state index in [0.29, 0.717) is 6.61 Å². The van der Waals surface area contributed by atoms with Crippen molar-refractivity contribution in [1.82, 2.24) is 0 Å². The van der Waals surface area contributed by atoms with E-state index < -0.39 is 5.60 Å². The van der Waals surface area contributed by atoms with Crippen molar-refractivity contribution >= 4 is 5.97 Å². The highest BCUT2D eigenvalue weighted by atomic mass is 16.7. The molecule has 2 rings (SSSR count). The molecule has 2 saturated heterocycles. The van der Waals surface area contributed by atoms with Crippen LogP contribution < -0.4 is 0 Å². The van der Waals surface area contributed by atoms with Gasteiger partial charge in [-0.15, -0.1) is 0 Å². The molecule has 0 aromatic heterocycles. The number of carbonyl (C=O) groups excluding carboxylic acids is 1. The van der Waals surface area contributed by atoms with Crippen molar-refractivity contribution in [3.8, 4) is 0 Å². The minimum atomic E-state index is -0.780. The molecule has 68 valence electrons. The van der Waals surface area contributed by atoms with Gasteiger partial charge < -0.3 is 14.2 Å². The predicted molar refractivity (Wildman–Crippen MR) is 39.4 cm³/mol. The lowest BCUT2D eigenvalue weighted by Gasteiger charge is -2.27. The van der Waals surface area contributed by atoms with Gasteiger partial charge in [0.05, 0.1) is 13.7 Å². The van der Waals surface area contributed by atoms with Gasteiger partial charge in [-0.1, -0.05) is 0 Å². The summed E-state index contributed by atoms with van der Waals surface area (Å²) in [5.74, 6) is -0.301. The molecule has 0 spiro atoms. The van der Waals surface area contributed by atoms with Gasteiger partial charge in [-0.2, -0.15) is 0 Å². The summed E-state index contributed by atoms with van der Waals surface area (Å²) in [5, 5.41) is 0. The molecule has 2 unspecified atom stereocenters. The molecule has 2 atom stereocenters. The van der Waals surface area contributed by atoms with E-state index in [9.17, 15) is 4.79 Å². The van der Waals surface area contributed by atoms with E-state index >= 15 is 0 Å². The van der Waals surface area contributed by atoms with E-state index in [2.05, 4.69) is 4.74 Å². The van der Waals surface area contributed by atoms with Crippen molar-refractivity contribution in [2.24, 2.45) is 0 Å². The molecule has 2 aliphatic rings. The average Bonchev–Trinajstić information content (AvgIpc) is 2.42. The maximum absolute atomic E-state index is 11.3. The van der Waals surface area contributed by atoms with Crippen LogP contribution in [0.15, 0.2) is 0 Å². The Bertz CT molecular complexity index is 199. The van der Waals surface area contributed by atoms with Crippen LogP contribution in [0.2, 0.25) is 0 Å². The number of fused-ring (bicyclic) bond motifs is 2. The number of hydrogen-bond acceptors (Lipinski definition) is 4. The first-order valence-electron chi connectivity index (χ1n) is 4.15. The molecule has 0 radical (unpaired) electrons. The Morgan fingerprint density at radius 2 is 2.50 bits per heavy atom. The molecule has 0 amide bonds. The number of ether oxygens (including phenoxy) is 3. The van der Waals surface area contributed by atoms with Crippen LogP contribution in [0.25, 0.3) is 0 Å². The predicted octanol–water partition coefficient (Wildman–Crippen LogP) is 0.455. The van der Waals surface area contributed by atoms with Gasteiger partial charge >= 0.3 is 5.97 Å². The van der Waals surface area contributed by atoms with Gasteiger partial charge in [0.1, 0.15) is 0 Å². The summed E-state index contributed by atoms with van der Waals surface area (Å²) in [6, 6.07) is 0. The molecule has 0 aromatic carbocycles. The summed E-state index contributed by atoms with van der Waals surface area (Å²) in [5.41, 5.74) is -0.780. The third-order valence-corrected chi connectivity index (χ3v) is 2.44. The second kappa shape index (κ2) is 2.71. The monoisotopic (exact) mass is 172 g/mol. The standard InChI is InChI=1S/C8H12O4/c1-10-7(9)8-4-2-3-6(12-8)11-5-8/h6H,2-5H2,1H3. The number of methoxy groups -OCH3 is 1. The van der Waals surface area contributed by atoms with Crippen LogP contribution in [0.3, 0.4) is 0 Å². The molecule has 12 heavy (non-hydrogen) atoms. The van der Waals surface area contributed by atoms with E-state index in [-0.39, 0.29) is 12.3 Å². The minimum absolute atomic E-state index is 0.183. The Balaban J connectivity index is 2.15. The molecule has 2 heterocycles. The molecule has 2 aliphatic heterocycles. The van der Waals surface area contributed by atoms with E-state index in [1.807, 2.05) is 0 Å². The summed E-state index contributed by atoms with van der Waals surface area (Å²) in [6.45, 7) is 0.352. The Kier molecular flexibility index (Phi) is 1.81. The van der Waals surface area contributed by atoms with E-state index in [1.54, 1.807) is 0 Å². The summed E-state index contributed by atoms with van der Waals surface area (Å²) >= 11 is 0. The quantitative estimate of drug-likeness (QED) is 0.539. The topological polar surface area (TPSA) is 44.8 Å². The van der Waals surface area contributed by atoms with Gasteiger partial charge in [0.15, 0.2) is 11.9 Å². The fourth-order valence-electron chi connectivity index (χ4n) is 1.77. The van der Waals surface area contributed by atoms with Gasteiger partial charge in [0.2, 0.25) is 0 Å². The third-order valence-electron chi connectivity index (χ3n) is 2.44. The highest BCUT2D eigenvalue weighted by molar-refractivity contribution is 5.80. The van der Waals surface area contributed by atoms with Crippen LogP contribution >= 0.6 is 0 Å². The van der Waals surface area contributed by atoms with Gasteiger partial charge in [0, 0.05) is 0 Å². The lowest BCUT2D eigenvalue weighted by molar-refractivity contribution is -0.177. The molecular formula is C8H12O4. The SMILES string of the molecule is COC(=O)C12CCCC(OC1)O2. The van der Waals surface area contributed by atoms with Gasteiger partial charge in [0.25, 0.3) is 0 Å². The lowest BCUT2D eigenvalue weighted by Crippen LogP contribution is -2.44. The number of hydrogen-bond donors (Lipinski definition) is 0. The average molecular weight is 172 g/mol. The van der Waals surface area contributed by atoms with Crippen molar-refractivity contribution < 1.29 is 19.0 Å².